The van der Waals surface area contributed by atoms with Crippen molar-refractivity contribution in [3.8, 4) is 0 Å². The molecule has 0 aliphatic rings. The highest BCUT2D eigenvalue weighted by molar-refractivity contribution is 9.10. The lowest BCUT2D eigenvalue weighted by molar-refractivity contribution is 0.630. The zero-order valence-electron chi connectivity index (χ0n) is 5.63. The summed E-state index contributed by atoms with van der Waals surface area (Å²) in [6, 6.07) is 2.73. The molecule has 3 nitrogen and oxygen atoms in total. The minimum absolute atomic E-state index is 0.0771. The Morgan fingerprint density at radius 3 is 2.83 bits per heavy atom. The van der Waals surface area contributed by atoms with E-state index in [1.165, 1.54) is 12.1 Å². The van der Waals surface area contributed by atoms with E-state index in [2.05, 4.69) is 26.0 Å². The Morgan fingerprint density at radius 1 is 1.58 bits per heavy atom. The van der Waals surface area contributed by atoms with Crippen LogP contribution in [-0.4, -0.2) is 0 Å². The van der Waals surface area contributed by atoms with Gasteiger partial charge in [0.15, 0.2) is 5.82 Å². The molecule has 12 heavy (non-hydrogen) atoms. The molecule has 0 radical (unpaired) electrons. The molecule has 0 N–H and O–H groups in total. The molecule has 0 heterocycles. The first kappa shape index (κ1) is 9.32. The number of nitrogens with zero attached hydrogens (tertiary/aromatic N) is 3. The van der Waals surface area contributed by atoms with Gasteiger partial charge in [-0.15, -0.1) is 0 Å². The molecule has 0 saturated heterocycles. The summed E-state index contributed by atoms with van der Waals surface area (Å²) < 4.78 is 13.5. The van der Waals surface area contributed by atoms with Crippen molar-refractivity contribution in [3.63, 3.8) is 0 Å². The molecule has 0 saturated carbocycles. The van der Waals surface area contributed by atoms with Crippen molar-refractivity contribution in [2.24, 2.45) is 5.11 Å². The summed E-state index contributed by atoms with van der Waals surface area (Å²) in [5, 5.41) is 3.04. The number of halogens is 3. The first-order chi connectivity index (χ1) is 5.65. The molecule has 0 spiro atoms. The van der Waals surface area contributed by atoms with E-state index in [9.17, 15) is 4.39 Å². The van der Waals surface area contributed by atoms with Gasteiger partial charge >= 0.3 is 0 Å². The lowest BCUT2D eigenvalue weighted by Gasteiger charge is -1.98. The van der Waals surface area contributed by atoms with E-state index >= 15 is 0 Å². The smallest absolute Gasteiger partial charge is 0.151 e. The topological polar surface area (TPSA) is 48.8 Å². The maximum absolute atomic E-state index is 13.0. The Labute approximate surface area is 80.9 Å². The predicted octanol–water partition coefficient (Wildman–Crippen LogP) is 4.18. The van der Waals surface area contributed by atoms with Crippen molar-refractivity contribution in [1.29, 1.82) is 0 Å². The molecule has 0 aliphatic carbocycles. The van der Waals surface area contributed by atoms with Gasteiger partial charge in [0.1, 0.15) is 0 Å². The molecule has 0 atom stereocenters. The van der Waals surface area contributed by atoms with E-state index < -0.39 is 5.82 Å². The quantitative estimate of drug-likeness (QED) is 0.311. The van der Waals surface area contributed by atoms with Gasteiger partial charge in [0.2, 0.25) is 0 Å². The normalized spacial score (nSPS) is 9.25. The molecule has 6 heteroatoms. The van der Waals surface area contributed by atoms with E-state index in [0.717, 1.165) is 0 Å². The summed E-state index contributed by atoms with van der Waals surface area (Å²) in [7, 11) is 0. The molecule has 1 rings (SSSR count). The van der Waals surface area contributed by atoms with Gasteiger partial charge in [-0.3, -0.25) is 0 Å². The summed E-state index contributed by atoms with van der Waals surface area (Å²) in [5.41, 5.74) is 7.95. The summed E-state index contributed by atoms with van der Waals surface area (Å²) in [5.74, 6) is -0.710. The third-order valence-corrected chi connectivity index (χ3v) is 1.86. The van der Waals surface area contributed by atoms with Crippen LogP contribution in [0.25, 0.3) is 10.4 Å². The molecule has 0 fully saturated rings. The van der Waals surface area contributed by atoms with E-state index in [1.54, 1.807) is 0 Å². The third-order valence-electron chi connectivity index (χ3n) is 1.13. The van der Waals surface area contributed by atoms with Gasteiger partial charge in [-0.05, 0) is 17.7 Å². The highest BCUT2D eigenvalue weighted by atomic mass is 79.9. The zero-order chi connectivity index (χ0) is 9.14. The predicted molar refractivity (Wildman–Crippen MR) is 47.9 cm³/mol. The Hall–Kier alpha value is -0.770. The molecule has 0 unspecified atom stereocenters. The van der Waals surface area contributed by atoms with Crippen molar-refractivity contribution in [1.82, 2.24) is 0 Å². The second-order valence-electron chi connectivity index (χ2n) is 1.91. The van der Waals surface area contributed by atoms with Crippen LogP contribution in [0.1, 0.15) is 0 Å². The summed E-state index contributed by atoms with van der Waals surface area (Å²) >= 11 is 8.55. The average Bonchev–Trinajstić information content (AvgIpc) is 2.00. The van der Waals surface area contributed by atoms with Crippen LogP contribution in [0.15, 0.2) is 21.7 Å². The van der Waals surface area contributed by atoms with Crippen LogP contribution >= 0.6 is 27.5 Å². The molecule has 62 valence electrons. The Kier molecular flexibility index (Phi) is 2.92. The van der Waals surface area contributed by atoms with Gasteiger partial charge in [0, 0.05) is 9.38 Å². The number of hydrogen-bond donors (Lipinski definition) is 0. The zero-order valence-corrected chi connectivity index (χ0v) is 7.97. The average molecular weight is 250 g/mol. The van der Waals surface area contributed by atoms with E-state index in [4.69, 9.17) is 17.1 Å². The maximum atomic E-state index is 13.0. The molecule has 0 aromatic heterocycles. The summed E-state index contributed by atoms with van der Waals surface area (Å²) in [6.07, 6.45) is 0. The van der Waals surface area contributed by atoms with Crippen LogP contribution in [0.2, 0.25) is 5.02 Å². The monoisotopic (exact) mass is 249 g/mol. The lowest BCUT2D eigenvalue weighted by atomic mass is 10.3. The standard InChI is InChI=1S/C6H2BrClFN3/c7-3-1-4(8)6(9)5(2-3)11-12-10/h1-2H. The molecule has 0 amide bonds. The fourth-order valence-corrected chi connectivity index (χ4v) is 1.46. The Morgan fingerprint density at radius 2 is 2.25 bits per heavy atom. The molecule has 1 aromatic carbocycles. The second kappa shape index (κ2) is 3.76. The molecular formula is C6H2BrClFN3. The fraction of sp³-hybridized carbons (Fsp3) is 0. The van der Waals surface area contributed by atoms with Gasteiger partial charge in [-0.1, -0.05) is 32.6 Å². The molecule has 1 aromatic rings. The van der Waals surface area contributed by atoms with Crippen molar-refractivity contribution in [3.05, 3.63) is 37.9 Å². The number of rotatable bonds is 1. The van der Waals surface area contributed by atoms with Gasteiger partial charge in [-0.2, -0.15) is 0 Å². The highest BCUT2D eigenvalue weighted by Gasteiger charge is 2.06. The van der Waals surface area contributed by atoms with Crippen molar-refractivity contribution in [2.45, 2.75) is 0 Å². The van der Waals surface area contributed by atoms with E-state index in [1.807, 2.05) is 0 Å². The summed E-state index contributed by atoms with van der Waals surface area (Å²) in [6.45, 7) is 0. The SMILES string of the molecule is [N-]=[N+]=Nc1cc(Br)cc(Cl)c1F. The van der Waals surface area contributed by atoms with Crippen molar-refractivity contribution < 1.29 is 4.39 Å². The highest BCUT2D eigenvalue weighted by Crippen LogP contribution is 2.29. The van der Waals surface area contributed by atoms with Crippen molar-refractivity contribution in [2.75, 3.05) is 0 Å². The minimum Gasteiger partial charge on any atom is -0.205 e. The van der Waals surface area contributed by atoms with Crippen LogP contribution in [0, 0.1) is 5.82 Å². The molecule has 0 aliphatic heterocycles. The fourth-order valence-electron chi connectivity index (χ4n) is 0.663. The van der Waals surface area contributed by atoms with Crippen LogP contribution in [0.5, 0.6) is 0 Å². The Bertz CT molecular complexity index is 362. The first-order valence-electron chi connectivity index (χ1n) is 2.85. The van der Waals surface area contributed by atoms with Crippen molar-refractivity contribution >= 4 is 33.2 Å². The second-order valence-corrected chi connectivity index (χ2v) is 3.23. The molecular weight excluding hydrogens is 248 g/mol. The first-order valence-corrected chi connectivity index (χ1v) is 4.02. The van der Waals surface area contributed by atoms with Gasteiger partial charge in [0.05, 0.1) is 10.7 Å². The van der Waals surface area contributed by atoms with E-state index in [-0.39, 0.29) is 10.7 Å². The van der Waals surface area contributed by atoms with E-state index in [0.29, 0.717) is 4.47 Å². The largest absolute Gasteiger partial charge is 0.205 e. The minimum atomic E-state index is -0.710. The third kappa shape index (κ3) is 1.88. The van der Waals surface area contributed by atoms with Gasteiger partial charge in [-0.25, -0.2) is 4.39 Å². The van der Waals surface area contributed by atoms with Crippen LogP contribution in [0.4, 0.5) is 10.1 Å². The van der Waals surface area contributed by atoms with Crippen LogP contribution < -0.4 is 0 Å². The van der Waals surface area contributed by atoms with Gasteiger partial charge < -0.3 is 0 Å². The maximum Gasteiger partial charge on any atom is 0.151 e. The number of benzene rings is 1. The Balaban J connectivity index is 3.36. The summed E-state index contributed by atoms with van der Waals surface area (Å²) in [4.78, 5) is 2.45. The van der Waals surface area contributed by atoms with Crippen LogP contribution in [-0.2, 0) is 0 Å². The number of azide groups is 1. The molecule has 0 bridgehead atoms. The van der Waals surface area contributed by atoms with Crippen LogP contribution in [0.3, 0.4) is 0 Å². The lowest BCUT2D eigenvalue weighted by Crippen LogP contribution is -1.77. The number of hydrogen-bond acceptors (Lipinski definition) is 1. The van der Waals surface area contributed by atoms with Gasteiger partial charge in [0.25, 0.3) is 0 Å².